The standard InChI is InChI=1S/C32H42N8O8/c1-7-17(3)21(31(45)47-5)39-29(43)25-23(35-15-37-25)27(41)33-13-19-10-9-11-20(12-19)14-34-28(42)24-26(38-16-36-24)30(44)40-22(18(4)8-2)32(46)48-6/h9-12,15-18,21-22H,7-8,13-14H2,1-6H3,(H,33,41)(H,34,42)(H,35,37)(H,36,38)(H,39,43)(H,40,44)/t17-,18-,21-,22-/m0/s1. The van der Waals surface area contributed by atoms with Gasteiger partial charge in [0.05, 0.1) is 26.9 Å². The zero-order valence-corrected chi connectivity index (χ0v) is 27.8. The minimum absolute atomic E-state index is 0.0786. The first kappa shape index (κ1) is 36.9. The van der Waals surface area contributed by atoms with Crippen LogP contribution in [0.15, 0.2) is 36.9 Å². The quantitative estimate of drug-likeness (QED) is 0.121. The summed E-state index contributed by atoms with van der Waals surface area (Å²) in [7, 11) is 2.46. The average Bonchev–Trinajstić information content (AvgIpc) is 3.81. The van der Waals surface area contributed by atoms with Crippen molar-refractivity contribution in [2.75, 3.05) is 14.2 Å². The zero-order chi connectivity index (χ0) is 35.4. The first-order chi connectivity index (χ1) is 22.9. The molecule has 258 valence electrons. The molecule has 3 aromatic rings. The van der Waals surface area contributed by atoms with Gasteiger partial charge < -0.3 is 40.7 Å². The Hall–Kier alpha value is -5.54. The monoisotopic (exact) mass is 666 g/mol. The summed E-state index contributed by atoms with van der Waals surface area (Å²) in [4.78, 5) is 89.5. The number of benzene rings is 1. The first-order valence-electron chi connectivity index (χ1n) is 15.4. The molecule has 0 saturated heterocycles. The first-order valence-corrected chi connectivity index (χ1v) is 15.4. The van der Waals surface area contributed by atoms with E-state index in [9.17, 15) is 28.8 Å². The number of esters is 2. The number of nitrogens with zero attached hydrogens (tertiary/aromatic N) is 2. The minimum Gasteiger partial charge on any atom is -0.467 e. The minimum atomic E-state index is -0.908. The third kappa shape index (κ3) is 9.27. The van der Waals surface area contributed by atoms with Gasteiger partial charge in [0.2, 0.25) is 0 Å². The third-order valence-corrected chi connectivity index (χ3v) is 7.97. The van der Waals surface area contributed by atoms with Crippen molar-refractivity contribution in [2.45, 2.75) is 65.7 Å². The molecule has 0 unspecified atom stereocenters. The van der Waals surface area contributed by atoms with Crippen LogP contribution in [-0.4, -0.2) is 81.8 Å². The molecule has 0 radical (unpaired) electrons. The third-order valence-electron chi connectivity index (χ3n) is 7.97. The molecule has 4 atom stereocenters. The van der Waals surface area contributed by atoms with Gasteiger partial charge >= 0.3 is 11.9 Å². The lowest BCUT2D eigenvalue weighted by Crippen LogP contribution is -2.46. The summed E-state index contributed by atoms with van der Waals surface area (Å²) >= 11 is 0. The molecular formula is C32H42N8O8. The van der Waals surface area contributed by atoms with Gasteiger partial charge in [-0.3, -0.25) is 19.2 Å². The molecule has 4 amide bonds. The van der Waals surface area contributed by atoms with Gasteiger partial charge in [-0.25, -0.2) is 19.6 Å². The molecule has 6 N–H and O–H groups in total. The van der Waals surface area contributed by atoms with E-state index in [1.807, 2.05) is 13.8 Å². The highest BCUT2D eigenvalue weighted by atomic mass is 16.5. The van der Waals surface area contributed by atoms with Gasteiger partial charge in [-0.2, -0.15) is 0 Å². The molecule has 0 aliphatic rings. The van der Waals surface area contributed by atoms with Crippen LogP contribution in [0.3, 0.4) is 0 Å². The number of ether oxygens (including phenoxy) is 2. The van der Waals surface area contributed by atoms with Gasteiger partial charge in [0.1, 0.15) is 23.5 Å². The molecule has 16 heteroatoms. The molecular weight excluding hydrogens is 624 g/mol. The van der Waals surface area contributed by atoms with Crippen molar-refractivity contribution < 1.29 is 38.2 Å². The van der Waals surface area contributed by atoms with Crippen LogP contribution in [-0.2, 0) is 32.2 Å². The van der Waals surface area contributed by atoms with Crippen LogP contribution < -0.4 is 21.3 Å². The predicted molar refractivity (Wildman–Crippen MR) is 171 cm³/mol. The Morgan fingerprint density at radius 3 is 1.44 bits per heavy atom. The van der Waals surface area contributed by atoms with Crippen molar-refractivity contribution in [1.82, 2.24) is 41.2 Å². The Bertz CT molecular complexity index is 1500. The lowest BCUT2D eigenvalue weighted by molar-refractivity contribution is -0.145. The highest BCUT2D eigenvalue weighted by Crippen LogP contribution is 2.14. The van der Waals surface area contributed by atoms with E-state index < -0.39 is 47.7 Å². The number of imidazole rings is 2. The summed E-state index contributed by atoms with van der Waals surface area (Å²) in [5, 5.41) is 10.7. The Balaban J connectivity index is 1.61. The van der Waals surface area contributed by atoms with E-state index >= 15 is 0 Å². The number of aromatic nitrogens is 4. The van der Waals surface area contributed by atoms with E-state index in [4.69, 9.17) is 9.47 Å². The molecule has 0 fully saturated rings. The fourth-order valence-corrected chi connectivity index (χ4v) is 4.68. The number of hydrogen-bond donors (Lipinski definition) is 6. The van der Waals surface area contributed by atoms with Gasteiger partial charge in [-0.1, -0.05) is 64.8 Å². The number of carbonyl (C=O) groups is 6. The fraction of sp³-hybridized carbons (Fsp3) is 0.438. The Kier molecular flexibility index (Phi) is 13.4. The maximum Gasteiger partial charge on any atom is 0.328 e. The smallest absolute Gasteiger partial charge is 0.328 e. The van der Waals surface area contributed by atoms with Crippen LogP contribution in [0, 0.1) is 11.8 Å². The summed E-state index contributed by atoms with van der Waals surface area (Å²) in [6.45, 7) is 7.51. The molecule has 16 nitrogen and oxygen atoms in total. The van der Waals surface area contributed by atoms with Gasteiger partial charge in [-0.15, -0.1) is 0 Å². The van der Waals surface area contributed by atoms with Crippen molar-refractivity contribution in [3.8, 4) is 0 Å². The second-order valence-corrected chi connectivity index (χ2v) is 11.2. The summed E-state index contributed by atoms with van der Waals surface area (Å²) in [6.07, 6.45) is 3.63. The molecule has 0 aliphatic carbocycles. The van der Waals surface area contributed by atoms with Gasteiger partial charge in [-0.05, 0) is 23.0 Å². The molecule has 2 aromatic heterocycles. The van der Waals surface area contributed by atoms with E-state index in [-0.39, 0.29) is 47.7 Å². The Morgan fingerprint density at radius 1 is 0.688 bits per heavy atom. The van der Waals surface area contributed by atoms with Crippen molar-refractivity contribution >= 4 is 35.6 Å². The zero-order valence-electron chi connectivity index (χ0n) is 27.8. The number of nitrogens with one attached hydrogen (secondary N) is 6. The number of carbonyl (C=O) groups excluding carboxylic acids is 6. The van der Waals surface area contributed by atoms with Gasteiger partial charge in [0, 0.05) is 13.1 Å². The highest BCUT2D eigenvalue weighted by Gasteiger charge is 2.31. The second kappa shape index (κ2) is 17.4. The largest absolute Gasteiger partial charge is 0.467 e. The molecule has 0 bridgehead atoms. The normalized spacial score (nSPS) is 13.3. The van der Waals surface area contributed by atoms with Crippen LogP contribution in [0.2, 0.25) is 0 Å². The lowest BCUT2D eigenvalue weighted by atomic mass is 9.99. The van der Waals surface area contributed by atoms with Gasteiger partial charge in [0.25, 0.3) is 23.6 Å². The molecule has 0 saturated carbocycles. The molecule has 48 heavy (non-hydrogen) atoms. The molecule has 0 aliphatic heterocycles. The van der Waals surface area contributed by atoms with Crippen LogP contribution in [0.4, 0.5) is 0 Å². The fourth-order valence-electron chi connectivity index (χ4n) is 4.68. The average molecular weight is 667 g/mol. The van der Waals surface area contributed by atoms with Crippen LogP contribution in [0.5, 0.6) is 0 Å². The molecule has 0 spiro atoms. The van der Waals surface area contributed by atoms with Crippen molar-refractivity contribution in [3.63, 3.8) is 0 Å². The van der Waals surface area contributed by atoms with Crippen LogP contribution in [0.25, 0.3) is 0 Å². The van der Waals surface area contributed by atoms with E-state index in [0.29, 0.717) is 24.0 Å². The van der Waals surface area contributed by atoms with E-state index in [2.05, 4.69) is 41.2 Å². The Morgan fingerprint density at radius 2 is 1.08 bits per heavy atom. The maximum atomic E-state index is 13.0. The second-order valence-electron chi connectivity index (χ2n) is 11.2. The number of methoxy groups -OCH3 is 2. The van der Waals surface area contributed by atoms with E-state index in [1.54, 1.807) is 38.1 Å². The summed E-state index contributed by atoms with van der Waals surface area (Å²) in [6, 6.07) is 5.23. The topological polar surface area (TPSA) is 226 Å². The van der Waals surface area contributed by atoms with E-state index in [0.717, 1.165) is 0 Å². The summed E-state index contributed by atoms with van der Waals surface area (Å²) in [5.74, 6) is -4.22. The molecule has 3 rings (SSSR count). The Labute approximate surface area is 277 Å². The molecule has 2 heterocycles. The number of aromatic amines is 2. The number of H-pyrrole nitrogens is 2. The molecule has 1 aromatic carbocycles. The van der Waals surface area contributed by atoms with Crippen molar-refractivity contribution in [1.29, 1.82) is 0 Å². The van der Waals surface area contributed by atoms with Crippen molar-refractivity contribution in [2.24, 2.45) is 11.8 Å². The van der Waals surface area contributed by atoms with Gasteiger partial charge in [0.15, 0.2) is 11.4 Å². The van der Waals surface area contributed by atoms with Crippen LogP contribution in [0.1, 0.15) is 93.6 Å². The highest BCUT2D eigenvalue weighted by molar-refractivity contribution is 6.06. The maximum absolute atomic E-state index is 13.0. The van der Waals surface area contributed by atoms with E-state index in [1.165, 1.54) is 26.9 Å². The summed E-state index contributed by atoms with van der Waals surface area (Å²) in [5.41, 5.74) is 0.894. The lowest BCUT2D eigenvalue weighted by Gasteiger charge is -2.21. The number of rotatable bonds is 16. The number of amides is 4. The number of hydrogen-bond acceptors (Lipinski definition) is 10. The van der Waals surface area contributed by atoms with Crippen molar-refractivity contribution in [3.05, 3.63) is 70.8 Å². The SMILES string of the molecule is CC[C@H](C)[C@H](NC(=O)c1nc[nH]c1C(=O)NCc1cccc(CNC(=O)c2[nH]cnc2C(=O)N[C@H](C(=O)OC)[C@@H](C)CC)c1)C(=O)OC. The van der Waals surface area contributed by atoms with Crippen LogP contribution >= 0.6 is 0 Å². The summed E-state index contributed by atoms with van der Waals surface area (Å²) < 4.78 is 9.61. The predicted octanol–water partition coefficient (Wildman–Crippen LogP) is 1.63.